The van der Waals surface area contributed by atoms with E-state index in [9.17, 15) is 0 Å². The summed E-state index contributed by atoms with van der Waals surface area (Å²) in [5.41, 5.74) is 18.8. The van der Waals surface area contributed by atoms with E-state index in [-0.39, 0.29) is 0 Å². The number of nitrogens with zero attached hydrogens (tertiary/aromatic N) is 4. The van der Waals surface area contributed by atoms with E-state index in [0.717, 1.165) is 45.3 Å². The fourth-order valence-electron chi connectivity index (χ4n) is 9.88. The van der Waals surface area contributed by atoms with Gasteiger partial charge in [-0.1, -0.05) is 121 Å². The summed E-state index contributed by atoms with van der Waals surface area (Å²) in [4.78, 5) is 5.02. The van der Waals surface area contributed by atoms with E-state index in [0.29, 0.717) is 0 Å². The van der Waals surface area contributed by atoms with Crippen molar-refractivity contribution in [3.8, 4) is 22.5 Å². The average molecular weight is 769 g/mol. The summed E-state index contributed by atoms with van der Waals surface area (Å²) < 4.78 is 4.86. The van der Waals surface area contributed by atoms with Crippen molar-refractivity contribution in [1.29, 1.82) is 0 Å². The van der Waals surface area contributed by atoms with Crippen molar-refractivity contribution in [2.75, 3.05) is 9.80 Å². The Balaban J connectivity index is 1.19. The molecule has 0 spiro atoms. The second-order valence-electron chi connectivity index (χ2n) is 15.9. The van der Waals surface area contributed by atoms with Crippen LogP contribution in [0.3, 0.4) is 0 Å². The number of rotatable bonds is 5. The largest absolute Gasteiger partial charge is 0.309 e. The number of aryl methyl sites for hydroxylation is 2. The van der Waals surface area contributed by atoms with Crippen LogP contribution < -0.4 is 9.80 Å². The molecule has 11 aromatic rings. The molecule has 60 heavy (non-hydrogen) atoms. The molecule has 0 N–H and O–H groups in total. The highest BCUT2D eigenvalue weighted by molar-refractivity contribution is 6.23. The van der Waals surface area contributed by atoms with Gasteiger partial charge < -0.3 is 18.9 Å². The quantitative estimate of drug-likeness (QED) is 0.173. The van der Waals surface area contributed by atoms with Crippen LogP contribution in [0.1, 0.15) is 11.1 Å². The molecule has 1 aliphatic heterocycles. The van der Waals surface area contributed by atoms with Crippen molar-refractivity contribution in [2.45, 2.75) is 13.8 Å². The molecule has 0 bridgehead atoms. The molecule has 0 aliphatic carbocycles. The molecule has 0 saturated carbocycles. The van der Waals surface area contributed by atoms with Gasteiger partial charge in [-0.15, -0.1) is 0 Å². The van der Waals surface area contributed by atoms with Crippen molar-refractivity contribution >= 4 is 77.7 Å². The molecule has 12 rings (SSSR count). The van der Waals surface area contributed by atoms with Gasteiger partial charge in [0.15, 0.2) is 0 Å². The number of hydrogen-bond donors (Lipinski definition) is 0. The van der Waals surface area contributed by atoms with Crippen LogP contribution in [0.5, 0.6) is 0 Å². The molecule has 0 atom stereocenters. The van der Waals surface area contributed by atoms with E-state index in [1.165, 1.54) is 66.0 Å². The molecule has 1 aliphatic rings. The van der Waals surface area contributed by atoms with Gasteiger partial charge in [-0.05, 0) is 115 Å². The minimum Gasteiger partial charge on any atom is -0.309 e. The Bertz CT molecular complexity index is 3450. The van der Waals surface area contributed by atoms with Gasteiger partial charge in [0.25, 0.3) is 0 Å². The average Bonchev–Trinajstić information content (AvgIpc) is 3.82. The zero-order chi connectivity index (χ0) is 39.9. The van der Waals surface area contributed by atoms with Gasteiger partial charge in [0.2, 0.25) is 0 Å². The molecule has 2 aromatic heterocycles. The molecule has 4 heteroatoms. The number of anilines is 6. The molecule has 0 saturated heterocycles. The van der Waals surface area contributed by atoms with E-state index in [1.54, 1.807) is 0 Å². The Morgan fingerprint density at radius 2 is 0.817 bits per heavy atom. The number of para-hydroxylation sites is 5. The van der Waals surface area contributed by atoms with Crippen LogP contribution in [0.15, 0.2) is 206 Å². The monoisotopic (exact) mass is 768 g/mol. The first kappa shape index (κ1) is 34.2. The second-order valence-corrected chi connectivity index (χ2v) is 15.9. The molecule has 0 fully saturated rings. The molecular weight excluding hydrogens is 729 g/mol. The summed E-state index contributed by atoms with van der Waals surface area (Å²) in [5, 5.41) is 4.88. The summed E-state index contributed by atoms with van der Waals surface area (Å²) in [6, 6.07) is 75.3. The third-order valence-corrected chi connectivity index (χ3v) is 12.5. The topological polar surface area (TPSA) is 16.3 Å². The zero-order valence-corrected chi connectivity index (χ0v) is 33.4. The van der Waals surface area contributed by atoms with Crippen molar-refractivity contribution in [3.05, 3.63) is 217 Å². The van der Waals surface area contributed by atoms with E-state index >= 15 is 0 Å². The summed E-state index contributed by atoms with van der Waals surface area (Å²) in [7, 11) is 0. The Kier molecular flexibility index (Phi) is 7.63. The van der Waals surface area contributed by atoms with E-state index in [4.69, 9.17) is 0 Å². The predicted octanol–water partition coefficient (Wildman–Crippen LogP) is 15.4. The first-order chi connectivity index (χ1) is 29.7. The van der Waals surface area contributed by atoms with Gasteiger partial charge in [0.1, 0.15) is 0 Å². The van der Waals surface area contributed by atoms with E-state index in [2.05, 4.69) is 239 Å². The van der Waals surface area contributed by atoms with E-state index < -0.39 is 0 Å². The minimum absolute atomic E-state index is 1.12. The number of benzene rings is 9. The second kappa shape index (κ2) is 13.4. The van der Waals surface area contributed by atoms with E-state index in [1.807, 2.05) is 0 Å². The number of fused-ring (bicyclic) bond motifs is 9. The SMILES string of the molecule is Cc1ccccc1-c1c(C)ccc2c1N(c1ccccc1)c1ccc3c(c1N2c1ccccc1)c1ccccc1n3-c1ccc2c(c1)c1ccccc1n2-c1ccccc1. The Labute approximate surface area is 349 Å². The van der Waals surface area contributed by atoms with Crippen LogP contribution in [0.4, 0.5) is 34.1 Å². The fraction of sp³-hybridized carbons (Fsp3) is 0.0357. The lowest BCUT2D eigenvalue weighted by Crippen LogP contribution is -2.25. The maximum atomic E-state index is 2.51. The van der Waals surface area contributed by atoms with Crippen LogP contribution >= 0.6 is 0 Å². The molecular formula is C56H40N4. The first-order valence-electron chi connectivity index (χ1n) is 20.7. The summed E-state index contributed by atoms with van der Waals surface area (Å²) >= 11 is 0. The van der Waals surface area contributed by atoms with Gasteiger partial charge >= 0.3 is 0 Å². The van der Waals surface area contributed by atoms with Gasteiger partial charge in [0, 0.05) is 49.9 Å². The Morgan fingerprint density at radius 3 is 1.52 bits per heavy atom. The van der Waals surface area contributed by atoms with Crippen LogP contribution in [-0.2, 0) is 0 Å². The molecule has 4 nitrogen and oxygen atoms in total. The third-order valence-electron chi connectivity index (χ3n) is 12.5. The summed E-state index contributed by atoms with van der Waals surface area (Å²) in [5.74, 6) is 0. The Morgan fingerprint density at radius 1 is 0.317 bits per heavy atom. The van der Waals surface area contributed by atoms with Crippen LogP contribution in [0, 0.1) is 13.8 Å². The van der Waals surface area contributed by atoms with Crippen molar-refractivity contribution in [3.63, 3.8) is 0 Å². The summed E-state index contributed by atoms with van der Waals surface area (Å²) in [6.07, 6.45) is 0. The van der Waals surface area contributed by atoms with Gasteiger partial charge in [0.05, 0.1) is 44.8 Å². The van der Waals surface area contributed by atoms with Gasteiger partial charge in [-0.2, -0.15) is 0 Å². The molecule has 284 valence electrons. The lowest BCUT2D eigenvalue weighted by molar-refractivity contribution is 1.16. The number of aromatic nitrogens is 2. The lowest BCUT2D eigenvalue weighted by atomic mass is 9.90. The van der Waals surface area contributed by atoms with Crippen LogP contribution in [0.25, 0.3) is 66.1 Å². The van der Waals surface area contributed by atoms with Crippen molar-refractivity contribution in [1.82, 2.24) is 9.13 Å². The maximum Gasteiger partial charge on any atom is 0.0804 e. The minimum atomic E-state index is 1.12. The highest BCUT2D eigenvalue weighted by Gasteiger charge is 2.36. The number of hydrogen-bond acceptors (Lipinski definition) is 2. The maximum absolute atomic E-state index is 2.51. The van der Waals surface area contributed by atoms with Gasteiger partial charge in [-0.25, -0.2) is 0 Å². The van der Waals surface area contributed by atoms with Crippen molar-refractivity contribution in [2.24, 2.45) is 0 Å². The van der Waals surface area contributed by atoms with Crippen LogP contribution in [-0.4, -0.2) is 9.13 Å². The third kappa shape index (κ3) is 4.98. The standard InChI is InChI=1S/C56H40N4/c1-37-18-12-13-25-43(37)53-38(2)30-32-51-55(53)59(40-21-8-4-9-22-40)52-35-34-50-54(56(52)60(51)41-23-10-5-11-24-41)45-27-15-17-29-48(45)58(50)42-31-33-49-46(36-42)44-26-14-16-28-47(44)57(49)39-19-6-3-7-20-39/h3-36H,1-2H3. The molecule has 0 radical (unpaired) electrons. The highest BCUT2D eigenvalue weighted by Crippen LogP contribution is 2.60. The van der Waals surface area contributed by atoms with Crippen LogP contribution in [0.2, 0.25) is 0 Å². The van der Waals surface area contributed by atoms with Crippen molar-refractivity contribution < 1.29 is 0 Å². The molecule has 0 unspecified atom stereocenters. The lowest BCUT2D eigenvalue weighted by Gasteiger charge is -2.42. The van der Waals surface area contributed by atoms with Gasteiger partial charge in [-0.3, -0.25) is 0 Å². The predicted molar refractivity (Wildman–Crippen MR) is 253 cm³/mol. The fourth-order valence-corrected chi connectivity index (χ4v) is 9.88. The normalized spacial score (nSPS) is 12.4. The molecule has 9 aromatic carbocycles. The molecule has 0 amide bonds. The molecule has 3 heterocycles. The zero-order valence-electron chi connectivity index (χ0n) is 33.4. The first-order valence-corrected chi connectivity index (χ1v) is 20.7. The Hall–Kier alpha value is -7.82. The smallest absolute Gasteiger partial charge is 0.0804 e. The summed E-state index contributed by atoms with van der Waals surface area (Å²) in [6.45, 7) is 4.47. The highest BCUT2D eigenvalue weighted by atomic mass is 15.3.